The molecule has 0 bridgehead atoms. The Bertz CT molecular complexity index is 1330. The van der Waals surface area contributed by atoms with Crippen LogP contribution in [0.15, 0.2) is 85.1 Å². The second-order valence-corrected chi connectivity index (χ2v) is 19.2. The minimum absolute atomic E-state index is 0.102. The number of unbranched alkanes of at least 4 members (excludes halogenated alkanes) is 29. The normalized spacial score (nSPS) is 12.7. The molecule has 0 aromatic heterocycles. The summed E-state index contributed by atoms with van der Waals surface area (Å²) in [6.07, 6.45) is 74.4. The first-order valence-corrected chi connectivity index (χ1v) is 29.1. The third kappa shape index (κ3) is 55.4. The lowest BCUT2D eigenvalue weighted by Crippen LogP contribution is -2.30. The van der Waals surface area contributed by atoms with E-state index < -0.39 is 6.10 Å². The van der Waals surface area contributed by atoms with Crippen LogP contribution in [0, 0.1) is 0 Å². The average molecular weight is 962 g/mol. The number of carbonyl (C=O) groups excluding carboxylic acids is 3. The maximum atomic E-state index is 12.8. The summed E-state index contributed by atoms with van der Waals surface area (Å²) < 4.78 is 16.8. The molecule has 6 nitrogen and oxygen atoms in total. The summed E-state index contributed by atoms with van der Waals surface area (Å²) in [6, 6.07) is 0. The fraction of sp³-hybridized carbons (Fsp3) is 0.730. The summed E-state index contributed by atoms with van der Waals surface area (Å²) in [4.78, 5) is 38.1. The molecule has 0 saturated carbocycles. The van der Waals surface area contributed by atoms with Gasteiger partial charge < -0.3 is 14.2 Å². The highest BCUT2D eigenvalue weighted by Gasteiger charge is 2.19. The third-order valence-corrected chi connectivity index (χ3v) is 12.4. The molecule has 0 spiro atoms. The first-order valence-electron chi connectivity index (χ1n) is 29.1. The van der Waals surface area contributed by atoms with Gasteiger partial charge in [-0.25, -0.2) is 0 Å². The topological polar surface area (TPSA) is 78.9 Å². The molecule has 0 radical (unpaired) electrons. The Balaban J connectivity index is 4.46. The van der Waals surface area contributed by atoms with Gasteiger partial charge in [0.15, 0.2) is 6.10 Å². The van der Waals surface area contributed by atoms with Crippen molar-refractivity contribution in [3.63, 3.8) is 0 Å². The summed E-state index contributed by atoms with van der Waals surface area (Å²) >= 11 is 0. The Labute approximate surface area is 426 Å². The first kappa shape index (κ1) is 65.6. The first-order chi connectivity index (χ1) is 34.0. The lowest BCUT2D eigenvalue weighted by molar-refractivity contribution is -0.167. The van der Waals surface area contributed by atoms with Gasteiger partial charge >= 0.3 is 17.9 Å². The molecule has 0 aromatic carbocycles. The van der Waals surface area contributed by atoms with E-state index in [1.807, 2.05) is 0 Å². The van der Waals surface area contributed by atoms with Crippen molar-refractivity contribution in [3.05, 3.63) is 85.1 Å². The van der Waals surface area contributed by atoms with Gasteiger partial charge in [0.1, 0.15) is 13.2 Å². The van der Waals surface area contributed by atoms with E-state index in [4.69, 9.17) is 14.2 Å². The number of hydrogen-bond donors (Lipinski definition) is 0. The summed E-state index contributed by atoms with van der Waals surface area (Å²) in [5, 5.41) is 0. The summed E-state index contributed by atoms with van der Waals surface area (Å²) in [5.74, 6) is -0.966. The van der Waals surface area contributed by atoms with Crippen LogP contribution in [0.25, 0.3) is 0 Å². The zero-order valence-electron chi connectivity index (χ0n) is 45.3. The monoisotopic (exact) mass is 961 g/mol. The fourth-order valence-corrected chi connectivity index (χ4v) is 8.04. The van der Waals surface area contributed by atoms with Crippen molar-refractivity contribution in [1.29, 1.82) is 0 Å². The van der Waals surface area contributed by atoms with Crippen LogP contribution in [0.3, 0.4) is 0 Å². The van der Waals surface area contributed by atoms with Crippen molar-refractivity contribution in [2.24, 2.45) is 0 Å². The van der Waals surface area contributed by atoms with Gasteiger partial charge in [0, 0.05) is 19.3 Å². The molecule has 0 aliphatic heterocycles. The van der Waals surface area contributed by atoms with E-state index in [1.165, 1.54) is 161 Å². The summed E-state index contributed by atoms with van der Waals surface area (Å²) in [5.41, 5.74) is 0. The highest BCUT2D eigenvalue weighted by molar-refractivity contribution is 5.71. The molecule has 1 unspecified atom stereocenters. The van der Waals surface area contributed by atoms with E-state index in [1.54, 1.807) is 0 Å². The maximum Gasteiger partial charge on any atom is 0.306 e. The van der Waals surface area contributed by atoms with Crippen LogP contribution < -0.4 is 0 Å². The molecule has 0 rings (SSSR count). The number of esters is 3. The van der Waals surface area contributed by atoms with Gasteiger partial charge in [-0.05, 0) is 96.3 Å². The largest absolute Gasteiger partial charge is 0.462 e. The molecule has 0 aromatic rings. The molecule has 0 N–H and O–H groups in total. The number of ether oxygens (including phenoxy) is 3. The molecule has 0 saturated heterocycles. The molecule has 69 heavy (non-hydrogen) atoms. The SMILES string of the molecule is CC\C=C/C=C\C=C/CCCCCCCCCC(=O)OCC(COC(=O)CCCCCCCCC/C=C\CCCCCCCCCC)OC(=O)CCC/C=C\C/C=C\C/C=C\CCCCCCCC. The molecule has 0 aliphatic rings. The molecule has 0 heterocycles. The molecular formula is C63H108O6. The predicted octanol–water partition coefficient (Wildman–Crippen LogP) is 19.5. The smallest absolute Gasteiger partial charge is 0.306 e. The number of hydrogen-bond acceptors (Lipinski definition) is 6. The van der Waals surface area contributed by atoms with Crippen LogP contribution in [0.1, 0.15) is 278 Å². The lowest BCUT2D eigenvalue weighted by atomic mass is 10.1. The van der Waals surface area contributed by atoms with Crippen LogP contribution in [-0.2, 0) is 28.6 Å². The lowest BCUT2D eigenvalue weighted by Gasteiger charge is -2.18. The molecular weight excluding hydrogens is 853 g/mol. The molecule has 396 valence electrons. The van der Waals surface area contributed by atoms with Crippen molar-refractivity contribution in [2.75, 3.05) is 13.2 Å². The number of allylic oxidation sites excluding steroid dienone is 14. The van der Waals surface area contributed by atoms with Crippen molar-refractivity contribution in [3.8, 4) is 0 Å². The Kier molecular flexibility index (Phi) is 54.3. The zero-order chi connectivity index (χ0) is 50.0. The standard InChI is InChI=1S/C63H108O6/c1-4-7-10-13-16-19-22-25-28-30-31-33-35-38-41-44-47-50-53-56-62(65)68-59-60(58-67-61(64)55-52-49-46-43-40-37-34-27-24-21-18-15-12-9-6-3)69-63(66)57-54-51-48-45-42-39-36-32-29-26-23-20-17-14-11-8-5-2/h9,12,15,18,21,24,26,29-31,36,39,45,48,60H,4-8,10-11,13-14,16-17,19-20,22-23,25,27-28,32-35,37-38,40-44,46-47,49-59H2,1-3H3/b12-9-,18-15-,24-21-,29-26-,31-30-,39-36-,48-45-. The zero-order valence-corrected chi connectivity index (χ0v) is 45.3. The van der Waals surface area contributed by atoms with E-state index in [-0.39, 0.29) is 37.5 Å². The highest BCUT2D eigenvalue weighted by Crippen LogP contribution is 2.15. The van der Waals surface area contributed by atoms with Gasteiger partial charge in [0.2, 0.25) is 0 Å². The van der Waals surface area contributed by atoms with E-state index in [0.717, 1.165) is 70.6 Å². The molecule has 0 amide bonds. The van der Waals surface area contributed by atoms with Gasteiger partial charge in [-0.3, -0.25) is 14.4 Å². The van der Waals surface area contributed by atoms with Crippen LogP contribution in [-0.4, -0.2) is 37.2 Å². The minimum atomic E-state index is -0.811. The molecule has 0 fully saturated rings. The van der Waals surface area contributed by atoms with Crippen LogP contribution in [0.2, 0.25) is 0 Å². The van der Waals surface area contributed by atoms with Crippen molar-refractivity contribution in [1.82, 2.24) is 0 Å². The molecule has 1 atom stereocenters. The van der Waals surface area contributed by atoms with Gasteiger partial charge in [0.25, 0.3) is 0 Å². The summed E-state index contributed by atoms with van der Waals surface area (Å²) in [6.45, 7) is 6.46. The van der Waals surface area contributed by atoms with Crippen molar-refractivity contribution >= 4 is 17.9 Å². The quantitative estimate of drug-likeness (QED) is 0.0199. The third-order valence-electron chi connectivity index (χ3n) is 12.4. The Morgan fingerprint density at radius 2 is 0.638 bits per heavy atom. The van der Waals surface area contributed by atoms with Gasteiger partial charge in [0.05, 0.1) is 0 Å². The van der Waals surface area contributed by atoms with E-state index in [9.17, 15) is 14.4 Å². The highest BCUT2D eigenvalue weighted by atomic mass is 16.6. The van der Waals surface area contributed by atoms with E-state index in [0.29, 0.717) is 19.3 Å². The van der Waals surface area contributed by atoms with Crippen molar-refractivity contribution < 1.29 is 28.6 Å². The minimum Gasteiger partial charge on any atom is -0.462 e. The molecule has 0 aliphatic carbocycles. The maximum absolute atomic E-state index is 12.8. The second-order valence-electron chi connectivity index (χ2n) is 19.2. The van der Waals surface area contributed by atoms with Crippen molar-refractivity contribution in [2.45, 2.75) is 284 Å². The van der Waals surface area contributed by atoms with Crippen LogP contribution in [0.4, 0.5) is 0 Å². The number of carbonyl (C=O) groups is 3. The Morgan fingerprint density at radius 3 is 1.06 bits per heavy atom. The Morgan fingerprint density at radius 1 is 0.319 bits per heavy atom. The van der Waals surface area contributed by atoms with Crippen LogP contribution in [0.5, 0.6) is 0 Å². The van der Waals surface area contributed by atoms with Gasteiger partial charge in [-0.1, -0.05) is 247 Å². The Hall–Kier alpha value is -3.41. The van der Waals surface area contributed by atoms with Gasteiger partial charge in [-0.2, -0.15) is 0 Å². The average Bonchev–Trinajstić information content (AvgIpc) is 3.35. The van der Waals surface area contributed by atoms with Gasteiger partial charge in [-0.15, -0.1) is 0 Å². The second kappa shape index (κ2) is 57.2. The number of rotatable bonds is 52. The predicted molar refractivity (Wildman–Crippen MR) is 297 cm³/mol. The van der Waals surface area contributed by atoms with E-state index >= 15 is 0 Å². The van der Waals surface area contributed by atoms with Crippen LogP contribution >= 0.6 is 0 Å². The molecule has 6 heteroatoms. The van der Waals surface area contributed by atoms with E-state index in [2.05, 4.69) is 106 Å². The summed E-state index contributed by atoms with van der Waals surface area (Å²) in [7, 11) is 0. The fourth-order valence-electron chi connectivity index (χ4n) is 8.04.